The summed E-state index contributed by atoms with van der Waals surface area (Å²) in [6.07, 6.45) is 0. The van der Waals surface area contributed by atoms with Crippen molar-refractivity contribution in [2.45, 2.75) is 19.6 Å². The first-order valence-electron chi connectivity index (χ1n) is 6.18. The molecule has 1 amide bonds. The van der Waals surface area contributed by atoms with E-state index in [2.05, 4.69) is 10.1 Å². The van der Waals surface area contributed by atoms with Gasteiger partial charge in [-0.2, -0.15) is 8.78 Å². The van der Waals surface area contributed by atoms with Crippen LogP contribution in [0.1, 0.15) is 6.92 Å². The van der Waals surface area contributed by atoms with Crippen LogP contribution in [0.4, 0.5) is 14.5 Å². The van der Waals surface area contributed by atoms with Crippen LogP contribution in [0.25, 0.3) is 0 Å². The average molecular weight is 373 g/mol. The highest BCUT2D eigenvalue weighted by atomic mass is 35.5. The second kappa shape index (κ2) is 9.49. The van der Waals surface area contributed by atoms with E-state index in [0.29, 0.717) is 0 Å². The number of nitrogens with zero attached hydrogens (tertiary/aromatic N) is 1. The number of carboxylic acid groups (broad SMARTS) is 1. The third-order valence-electron chi connectivity index (χ3n) is 2.84. The first-order chi connectivity index (χ1) is 10.2. The minimum atomic E-state index is -3.00. The Hall–Kier alpha value is -1.64. The fraction of sp³-hybridized carbons (Fsp3) is 0.385. The Balaban J connectivity index is 0.00000484. The lowest BCUT2D eigenvalue weighted by Crippen LogP contribution is -2.40. The predicted octanol–water partition coefficient (Wildman–Crippen LogP) is 2.71. The van der Waals surface area contributed by atoms with Crippen LogP contribution >= 0.6 is 24.0 Å². The van der Waals surface area contributed by atoms with Gasteiger partial charge in [-0.1, -0.05) is 11.6 Å². The molecule has 0 aromatic heterocycles. The summed E-state index contributed by atoms with van der Waals surface area (Å²) in [4.78, 5) is 23.9. The number of hydrogen-bond acceptors (Lipinski definition) is 4. The zero-order chi connectivity index (χ0) is 16.9. The highest BCUT2D eigenvalue weighted by Crippen LogP contribution is 2.28. The van der Waals surface area contributed by atoms with Gasteiger partial charge >= 0.3 is 12.6 Å². The van der Waals surface area contributed by atoms with E-state index in [-0.39, 0.29) is 35.4 Å². The number of carboxylic acids is 1. The molecule has 0 saturated heterocycles. The highest BCUT2D eigenvalue weighted by molar-refractivity contribution is 6.32. The molecule has 0 spiro atoms. The number of nitrogens with one attached hydrogen (secondary N) is 1. The Morgan fingerprint density at radius 1 is 1.43 bits per heavy atom. The molecular weight excluding hydrogens is 357 g/mol. The Kier molecular flexibility index (Phi) is 8.81. The number of anilines is 1. The molecule has 0 aliphatic rings. The number of rotatable bonds is 7. The van der Waals surface area contributed by atoms with Crippen LogP contribution in [0.5, 0.6) is 5.75 Å². The number of carbonyl (C=O) groups is 2. The molecule has 2 N–H and O–H groups in total. The monoisotopic (exact) mass is 372 g/mol. The van der Waals surface area contributed by atoms with Gasteiger partial charge in [0.2, 0.25) is 5.91 Å². The van der Waals surface area contributed by atoms with E-state index in [1.165, 1.54) is 37.1 Å². The van der Waals surface area contributed by atoms with Crippen LogP contribution in [-0.4, -0.2) is 48.1 Å². The third kappa shape index (κ3) is 6.98. The van der Waals surface area contributed by atoms with Crippen molar-refractivity contribution in [1.29, 1.82) is 0 Å². The lowest BCUT2D eigenvalue weighted by molar-refractivity contribution is -0.142. The number of likely N-dealkylation sites (N-methyl/N-ethyl adjacent to an activating group) is 1. The predicted molar refractivity (Wildman–Crippen MR) is 83.7 cm³/mol. The number of alkyl halides is 2. The van der Waals surface area contributed by atoms with Gasteiger partial charge in [-0.3, -0.25) is 14.5 Å². The molecular formula is C13H16Cl2F2N2O4. The van der Waals surface area contributed by atoms with Gasteiger partial charge in [0.05, 0.1) is 11.6 Å². The normalized spacial score (nSPS) is 11.8. The standard InChI is InChI=1S/C13H15ClF2N2O4.ClH/c1-7(12(20)21)18(2)6-11(19)17-8-3-4-10(9(14)5-8)22-13(15)16;/h3-5,7,13H,6H2,1-2H3,(H,17,19)(H,20,21);1H. The first kappa shape index (κ1) is 21.4. The molecule has 130 valence electrons. The molecule has 0 bridgehead atoms. The number of amides is 1. The maximum atomic E-state index is 12.1. The van der Waals surface area contributed by atoms with Crippen molar-refractivity contribution in [1.82, 2.24) is 4.90 Å². The van der Waals surface area contributed by atoms with Gasteiger partial charge in [0.15, 0.2) is 0 Å². The molecule has 0 aliphatic heterocycles. The van der Waals surface area contributed by atoms with Crippen molar-refractivity contribution < 1.29 is 28.2 Å². The summed E-state index contributed by atoms with van der Waals surface area (Å²) in [6, 6.07) is 2.99. The zero-order valence-corrected chi connectivity index (χ0v) is 13.8. The largest absolute Gasteiger partial charge is 0.480 e. The number of halogens is 4. The van der Waals surface area contributed by atoms with E-state index in [1.54, 1.807) is 0 Å². The molecule has 1 aromatic carbocycles. The van der Waals surface area contributed by atoms with E-state index < -0.39 is 24.5 Å². The number of hydrogen-bond donors (Lipinski definition) is 2. The summed E-state index contributed by atoms with van der Waals surface area (Å²) >= 11 is 5.76. The molecule has 0 aliphatic carbocycles. The molecule has 1 aromatic rings. The van der Waals surface area contributed by atoms with Crippen molar-refractivity contribution in [3.63, 3.8) is 0 Å². The quantitative estimate of drug-likeness (QED) is 0.769. The van der Waals surface area contributed by atoms with Gasteiger partial charge < -0.3 is 15.2 Å². The molecule has 0 fully saturated rings. The highest BCUT2D eigenvalue weighted by Gasteiger charge is 2.19. The summed E-state index contributed by atoms with van der Waals surface area (Å²) in [6.45, 7) is -1.70. The SMILES string of the molecule is CC(C(=O)O)N(C)CC(=O)Nc1ccc(OC(F)F)c(Cl)c1.Cl. The summed E-state index contributed by atoms with van der Waals surface area (Å²) in [5.41, 5.74) is 0.285. The van der Waals surface area contributed by atoms with E-state index in [1.807, 2.05) is 0 Å². The molecule has 1 unspecified atom stereocenters. The Morgan fingerprint density at radius 2 is 2.04 bits per heavy atom. The molecule has 0 radical (unpaired) electrons. The summed E-state index contributed by atoms with van der Waals surface area (Å²) in [7, 11) is 1.49. The second-order valence-electron chi connectivity index (χ2n) is 4.50. The topological polar surface area (TPSA) is 78.9 Å². The second-order valence-corrected chi connectivity index (χ2v) is 4.91. The molecule has 10 heteroatoms. The summed E-state index contributed by atoms with van der Waals surface area (Å²) in [5.74, 6) is -1.72. The fourth-order valence-corrected chi connectivity index (χ4v) is 1.75. The minimum absolute atomic E-state index is 0. The summed E-state index contributed by atoms with van der Waals surface area (Å²) in [5, 5.41) is 11.2. The molecule has 0 saturated carbocycles. The van der Waals surface area contributed by atoms with Crippen LogP contribution in [0, 0.1) is 0 Å². The fourth-order valence-electron chi connectivity index (χ4n) is 1.52. The Bertz CT molecular complexity index is 561. The molecule has 23 heavy (non-hydrogen) atoms. The third-order valence-corrected chi connectivity index (χ3v) is 3.14. The van der Waals surface area contributed by atoms with Crippen LogP contribution in [0.2, 0.25) is 5.02 Å². The zero-order valence-electron chi connectivity index (χ0n) is 12.3. The van der Waals surface area contributed by atoms with Crippen molar-refractivity contribution in [2.75, 3.05) is 18.9 Å². The number of carbonyl (C=O) groups excluding carboxylic acids is 1. The molecule has 1 atom stereocenters. The number of benzene rings is 1. The van der Waals surface area contributed by atoms with Crippen LogP contribution in [0.3, 0.4) is 0 Å². The van der Waals surface area contributed by atoms with Crippen LogP contribution in [0.15, 0.2) is 18.2 Å². The maximum absolute atomic E-state index is 12.1. The van der Waals surface area contributed by atoms with Crippen molar-refractivity contribution in [3.05, 3.63) is 23.2 Å². The lowest BCUT2D eigenvalue weighted by atomic mass is 10.3. The van der Waals surface area contributed by atoms with E-state index >= 15 is 0 Å². The van der Waals surface area contributed by atoms with Crippen LogP contribution < -0.4 is 10.1 Å². The van der Waals surface area contributed by atoms with Gasteiger partial charge in [-0.25, -0.2) is 0 Å². The lowest BCUT2D eigenvalue weighted by Gasteiger charge is -2.20. The minimum Gasteiger partial charge on any atom is -0.480 e. The number of aliphatic carboxylic acids is 1. The van der Waals surface area contributed by atoms with Crippen molar-refractivity contribution in [2.24, 2.45) is 0 Å². The maximum Gasteiger partial charge on any atom is 0.387 e. The van der Waals surface area contributed by atoms with E-state index in [0.717, 1.165) is 0 Å². The summed E-state index contributed by atoms with van der Waals surface area (Å²) < 4.78 is 28.4. The average Bonchev–Trinajstić information content (AvgIpc) is 2.40. The van der Waals surface area contributed by atoms with Crippen molar-refractivity contribution >= 4 is 41.6 Å². The van der Waals surface area contributed by atoms with Gasteiger partial charge in [0, 0.05) is 5.69 Å². The Labute approximate surface area is 142 Å². The first-order valence-corrected chi connectivity index (χ1v) is 6.55. The number of ether oxygens (including phenoxy) is 1. The smallest absolute Gasteiger partial charge is 0.387 e. The van der Waals surface area contributed by atoms with Crippen LogP contribution in [-0.2, 0) is 9.59 Å². The molecule has 1 rings (SSSR count). The Morgan fingerprint density at radius 3 is 2.52 bits per heavy atom. The van der Waals surface area contributed by atoms with Gasteiger partial charge in [0.25, 0.3) is 0 Å². The van der Waals surface area contributed by atoms with E-state index in [9.17, 15) is 18.4 Å². The van der Waals surface area contributed by atoms with Crippen molar-refractivity contribution in [3.8, 4) is 5.75 Å². The molecule has 0 heterocycles. The van der Waals surface area contributed by atoms with Gasteiger partial charge in [-0.05, 0) is 32.2 Å². The van der Waals surface area contributed by atoms with Gasteiger partial charge in [-0.15, -0.1) is 12.4 Å². The van der Waals surface area contributed by atoms with Gasteiger partial charge in [0.1, 0.15) is 11.8 Å². The molecule has 6 nitrogen and oxygen atoms in total. The van der Waals surface area contributed by atoms with E-state index in [4.69, 9.17) is 16.7 Å².